The number of carbonyl (C=O) groups excluding carboxylic acids is 1. The molecule has 2 unspecified atom stereocenters. The van der Waals surface area contributed by atoms with Gasteiger partial charge in [-0.25, -0.2) is 0 Å². The maximum absolute atomic E-state index is 11.8. The van der Waals surface area contributed by atoms with Crippen LogP contribution in [-0.4, -0.2) is 19.6 Å². The Kier molecular flexibility index (Phi) is 6.84. The van der Waals surface area contributed by atoms with E-state index in [0.717, 1.165) is 11.1 Å². The fourth-order valence-electron chi connectivity index (χ4n) is 3.06. The van der Waals surface area contributed by atoms with Crippen LogP contribution in [0.25, 0.3) is 0 Å². The highest BCUT2D eigenvalue weighted by molar-refractivity contribution is 5.73. The highest BCUT2D eigenvalue weighted by Gasteiger charge is 2.23. The van der Waals surface area contributed by atoms with Gasteiger partial charge in [0.2, 0.25) is 5.91 Å². The van der Waals surface area contributed by atoms with E-state index >= 15 is 0 Å². The van der Waals surface area contributed by atoms with Crippen LogP contribution >= 0.6 is 0 Å². The minimum atomic E-state index is -0.169. The Morgan fingerprint density at radius 3 is 2.41 bits per heavy atom. The van der Waals surface area contributed by atoms with Crippen LogP contribution in [-0.2, 0) is 4.79 Å². The van der Waals surface area contributed by atoms with Crippen molar-refractivity contribution in [2.75, 3.05) is 13.7 Å². The summed E-state index contributed by atoms with van der Waals surface area (Å²) in [6.45, 7) is 7.70. The van der Waals surface area contributed by atoms with Gasteiger partial charge in [0.25, 0.3) is 0 Å². The van der Waals surface area contributed by atoms with Gasteiger partial charge in [-0.05, 0) is 48.2 Å². The van der Waals surface area contributed by atoms with Crippen molar-refractivity contribution in [1.82, 2.24) is 5.32 Å². The van der Waals surface area contributed by atoms with Crippen molar-refractivity contribution in [3.8, 4) is 17.6 Å². The second-order valence-corrected chi connectivity index (χ2v) is 6.67. The van der Waals surface area contributed by atoms with Crippen molar-refractivity contribution in [3.63, 3.8) is 0 Å². The first kappa shape index (κ1) is 20.3. The average Bonchev–Trinajstić information content (AvgIpc) is 2.65. The topological polar surface area (TPSA) is 71.3 Å². The number of nitrogens with one attached hydrogen (secondary N) is 1. The molecule has 1 N–H and O–H groups in total. The standard InChI is InChI=1S/C22H26N2O3/c1-14-6-7-19(12-15(14)2)22(24-17(4)25)16(3)18-8-9-20(27-11-10-23)21(13-18)26-5/h6-9,12-13,16,22H,11H2,1-5H3,(H,24,25). The van der Waals surface area contributed by atoms with E-state index in [2.05, 4.69) is 44.3 Å². The number of hydrogen-bond donors (Lipinski definition) is 1. The summed E-state index contributed by atoms with van der Waals surface area (Å²) >= 11 is 0. The minimum Gasteiger partial charge on any atom is -0.493 e. The van der Waals surface area contributed by atoms with E-state index in [1.54, 1.807) is 13.2 Å². The Hall–Kier alpha value is -3.00. The summed E-state index contributed by atoms with van der Waals surface area (Å²) in [4.78, 5) is 11.8. The number of carbonyl (C=O) groups is 1. The summed E-state index contributed by atoms with van der Waals surface area (Å²) in [6, 6.07) is 13.7. The molecule has 0 saturated carbocycles. The maximum atomic E-state index is 11.8. The van der Waals surface area contributed by atoms with Crippen molar-refractivity contribution in [1.29, 1.82) is 5.26 Å². The summed E-state index contributed by atoms with van der Waals surface area (Å²) in [5, 5.41) is 11.8. The van der Waals surface area contributed by atoms with E-state index in [9.17, 15) is 4.79 Å². The van der Waals surface area contributed by atoms with Crippen LogP contribution in [0.3, 0.4) is 0 Å². The molecule has 27 heavy (non-hydrogen) atoms. The number of rotatable bonds is 7. The predicted octanol–water partition coefficient (Wildman–Crippen LogP) is 4.20. The molecule has 142 valence electrons. The Balaban J connectivity index is 2.39. The number of methoxy groups -OCH3 is 1. The third-order valence-corrected chi connectivity index (χ3v) is 4.75. The number of ether oxygens (including phenoxy) is 2. The van der Waals surface area contributed by atoms with Gasteiger partial charge in [-0.2, -0.15) is 5.26 Å². The molecule has 0 bridgehead atoms. The number of hydrogen-bond acceptors (Lipinski definition) is 4. The largest absolute Gasteiger partial charge is 0.493 e. The zero-order chi connectivity index (χ0) is 20.0. The molecule has 0 radical (unpaired) electrons. The normalized spacial score (nSPS) is 12.6. The fourth-order valence-corrected chi connectivity index (χ4v) is 3.06. The van der Waals surface area contributed by atoms with E-state index in [1.165, 1.54) is 18.1 Å². The fraction of sp³-hybridized carbons (Fsp3) is 0.364. The van der Waals surface area contributed by atoms with Crippen LogP contribution < -0.4 is 14.8 Å². The van der Waals surface area contributed by atoms with Crippen LogP contribution in [0, 0.1) is 25.2 Å². The lowest BCUT2D eigenvalue weighted by Crippen LogP contribution is -2.30. The predicted molar refractivity (Wildman–Crippen MR) is 105 cm³/mol. The monoisotopic (exact) mass is 366 g/mol. The quantitative estimate of drug-likeness (QED) is 0.797. The lowest BCUT2D eigenvalue weighted by atomic mass is 9.87. The second kappa shape index (κ2) is 9.09. The molecule has 0 saturated heterocycles. The Morgan fingerprint density at radius 1 is 1.11 bits per heavy atom. The molecule has 2 aromatic carbocycles. The molecule has 2 aromatic rings. The van der Waals surface area contributed by atoms with Crippen LogP contribution in [0.4, 0.5) is 0 Å². The third kappa shape index (κ3) is 5.01. The van der Waals surface area contributed by atoms with Crippen molar-refractivity contribution in [3.05, 3.63) is 58.7 Å². The van der Waals surface area contributed by atoms with Crippen molar-refractivity contribution < 1.29 is 14.3 Å². The van der Waals surface area contributed by atoms with Gasteiger partial charge in [0.1, 0.15) is 6.07 Å². The van der Waals surface area contributed by atoms with Gasteiger partial charge in [0, 0.05) is 12.8 Å². The summed E-state index contributed by atoms with van der Waals surface area (Å²) in [7, 11) is 1.57. The maximum Gasteiger partial charge on any atom is 0.217 e. The SMILES string of the molecule is COc1cc(C(C)C(NC(C)=O)c2ccc(C)c(C)c2)ccc1OCC#N. The van der Waals surface area contributed by atoms with Gasteiger partial charge in [-0.1, -0.05) is 31.2 Å². The van der Waals surface area contributed by atoms with E-state index in [0.29, 0.717) is 11.5 Å². The molecular weight excluding hydrogens is 340 g/mol. The van der Waals surface area contributed by atoms with E-state index in [4.69, 9.17) is 14.7 Å². The molecule has 0 aromatic heterocycles. The first-order chi connectivity index (χ1) is 12.9. The summed E-state index contributed by atoms with van der Waals surface area (Å²) in [6.07, 6.45) is 0. The van der Waals surface area contributed by atoms with Crippen LogP contribution in [0.5, 0.6) is 11.5 Å². The van der Waals surface area contributed by atoms with E-state index in [1.807, 2.05) is 18.2 Å². The first-order valence-electron chi connectivity index (χ1n) is 8.89. The number of amides is 1. The molecule has 0 heterocycles. The molecule has 0 spiro atoms. The van der Waals surface area contributed by atoms with E-state index in [-0.39, 0.29) is 24.5 Å². The third-order valence-electron chi connectivity index (χ3n) is 4.75. The van der Waals surface area contributed by atoms with Crippen molar-refractivity contribution in [2.24, 2.45) is 0 Å². The zero-order valence-electron chi connectivity index (χ0n) is 16.5. The molecule has 0 fully saturated rings. The molecule has 2 atom stereocenters. The number of nitriles is 1. The zero-order valence-corrected chi connectivity index (χ0v) is 16.5. The van der Waals surface area contributed by atoms with E-state index < -0.39 is 0 Å². The highest BCUT2D eigenvalue weighted by Crippen LogP contribution is 2.36. The Labute approximate surface area is 160 Å². The molecule has 2 rings (SSSR count). The van der Waals surface area contributed by atoms with Crippen LogP contribution in [0.2, 0.25) is 0 Å². The Morgan fingerprint density at radius 2 is 1.81 bits per heavy atom. The van der Waals surface area contributed by atoms with Gasteiger partial charge < -0.3 is 14.8 Å². The van der Waals surface area contributed by atoms with Gasteiger partial charge in [-0.15, -0.1) is 0 Å². The van der Waals surface area contributed by atoms with Crippen LogP contribution in [0.1, 0.15) is 48.1 Å². The lowest BCUT2D eigenvalue weighted by Gasteiger charge is -2.27. The van der Waals surface area contributed by atoms with Gasteiger partial charge >= 0.3 is 0 Å². The molecular formula is C22H26N2O3. The number of aryl methyl sites for hydroxylation is 2. The van der Waals surface area contributed by atoms with Crippen LogP contribution in [0.15, 0.2) is 36.4 Å². The first-order valence-corrected chi connectivity index (χ1v) is 8.89. The molecule has 0 aliphatic rings. The van der Waals surface area contributed by atoms with Gasteiger partial charge in [0.05, 0.1) is 13.2 Å². The van der Waals surface area contributed by atoms with Gasteiger partial charge in [-0.3, -0.25) is 4.79 Å². The summed E-state index contributed by atoms with van der Waals surface area (Å²) in [5.41, 5.74) is 4.47. The molecule has 0 aliphatic heterocycles. The second-order valence-electron chi connectivity index (χ2n) is 6.67. The average molecular weight is 366 g/mol. The molecule has 5 nitrogen and oxygen atoms in total. The number of benzene rings is 2. The summed E-state index contributed by atoms with van der Waals surface area (Å²) in [5.74, 6) is 1.02. The Bertz CT molecular complexity index is 855. The molecule has 5 heteroatoms. The lowest BCUT2D eigenvalue weighted by molar-refractivity contribution is -0.119. The minimum absolute atomic E-state index is 0.00919. The molecule has 0 aliphatic carbocycles. The summed E-state index contributed by atoms with van der Waals surface area (Å²) < 4.78 is 10.8. The van der Waals surface area contributed by atoms with Crippen molar-refractivity contribution in [2.45, 2.75) is 39.7 Å². The molecule has 1 amide bonds. The smallest absolute Gasteiger partial charge is 0.217 e. The van der Waals surface area contributed by atoms with Gasteiger partial charge in [0.15, 0.2) is 18.1 Å². The van der Waals surface area contributed by atoms with Crippen molar-refractivity contribution >= 4 is 5.91 Å². The number of nitrogens with zero attached hydrogens (tertiary/aromatic N) is 1. The highest BCUT2D eigenvalue weighted by atomic mass is 16.5.